The maximum Gasteiger partial charge on any atom is 0.263 e. The summed E-state index contributed by atoms with van der Waals surface area (Å²) in [5, 5.41) is 0.309. The Morgan fingerprint density at radius 2 is 1.65 bits per heavy atom. The fourth-order valence-electron chi connectivity index (χ4n) is 2.00. The maximum atomic E-state index is 12.4. The summed E-state index contributed by atoms with van der Waals surface area (Å²) < 4.78 is 38.3. The first-order valence-electron chi connectivity index (χ1n) is 6.63. The Balaban J connectivity index is 1.90. The molecule has 0 aliphatic heterocycles. The number of anilines is 1. The average molecular weight is 350 g/mol. The van der Waals surface area contributed by atoms with E-state index in [9.17, 15) is 8.42 Å². The summed E-state index contributed by atoms with van der Waals surface area (Å²) in [6.45, 7) is 0. The van der Waals surface area contributed by atoms with Crippen LogP contribution >= 0.6 is 11.3 Å². The largest absolute Gasteiger partial charge is 0.497 e. The van der Waals surface area contributed by atoms with Crippen LogP contribution in [0, 0.1) is 0 Å². The molecule has 0 radical (unpaired) electrons. The lowest BCUT2D eigenvalue weighted by Gasteiger charge is -2.05. The van der Waals surface area contributed by atoms with Crippen molar-refractivity contribution in [2.75, 3.05) is 18.9 Å². The first-order valence-corrected chi connectivity index (χ1v) is 8.93. The molecule has 23 heavy (non-hydrogen) atoms. The van der Waals surface area contributed by atoms with Gasteiger partial charge in [0.2, 0.25) is 0 Å². The van der Waals surface area contributed by atoms with Gasteiger partial charge in [-0.05, 0) is 42.5 Å². The van der Waals surface area contributed by atoms with Crippen molar-refractivity contribution >= 4 is 36.7 Å². The first kappa shape index (κ1) is 15.6. The maximum absolute atomic E-state index is 12.4. The number of aromatic nitrogens is 1. The molecule has 6 nitrogen and oxygen atoms in total. The molecule has 1 aromatic heterocycles. The topological polar surface area (TPSA) is 77.5 Å². The zero-order valence-electron chi connectivity index (χ0n) is 12.4. The first-order chi connectivity index (χ1) is 11.0. The monoisotopic (exact) mass is 350 g/mol. The fourth-order valence-corrected chi connectivity index (χ4v) is 4.13. The summed E-state index contributed by atoms with van der Waals surface area (Å²) in [5.74, 6) is 1.29. The number of nitrogens with zero attached hydrogens (tertiary/aromatic N) is 1. The molecule has 1 heterocycles. The van der Waals surface area contributed by atoms with Crippen LogP contribution in [0.25, 0.3) is 10.2 Å². The van der Waals surface area contributed by atoms with Gasteiger partial charge in [-0.25, -0.2) is 13.4 Å². The third-order valence-electron chi connectivity index (χ3n) is 3.19. The summed E-state index contributed by atoms with van der Waals surface area (Å²) in [6.07, 6.45) is 0. The highest BCUT2D eigenvalue weighted by Gasteiger charge is 2.16. The van der Waals surface area contributed by atoms with Crippen LogP contribution in [-0.4, -0.2) is 27.6 Å². The Morgan fingerprint density at radius 1 is 1.00 bits per heavy atom. The van der Waals surface area contributed by atoms with E-state index in [1.54, 1.807) is 31.4 Å². The predicted octanol–water partition coefficient (Wildman–Crippen LogP) is 3.11. The number of hydrogen-bond donors (Lipinski definition) is 1. The van der Waals surface area contributed by atoms with E-state index in [4.69, 9.17) is 9.47 Å². The number of hydrogen-bond acceptors (Lipinski definition) is 6. The molecule has 0 amide bonds. The van der Waals surface area contributed by atoms with Crippen LogP contribution < -0.4 is 14.2 Å². The molecule has 3 aromatic rings. The van der Waals surface area contributed by atoms with Crippen molar-refractivity contribution in [1.82, 2.24) is 4.98 Å². The number of ether oxygens (including phenoxy) is 2. The van der Waals surface area contributed by atoms with Crippen molar-refractivity contribution in [1.29, 1.82) is 0 Å². The Bertz CT molecular complexity index is 934. The van der Waals surface area contributed by atoms with E-state index in [1.165, 1.54) is 30.6 Å². The van der Waals surface area contributed by atoms with Crippen LogP contribution in [0.1, 0.15) is 0 Å². The molecule has 2 aromatic carbocycles. The van der Waals surface area contributed by atoms with Gasteiger partial charge in [-0.15, -0.1) is 0 Å². The molecule has 0 saturated heterocycles. The molecule has 120 valence electrons. The zero-order valence-corrected chi connectivity index (χ0v) is 14.1. The SMILES string of the molecule is COc1ccc(S(=O)(=O)Nc2nc3ccc(OC)cc3s2)cc1. The van der Waals surface area contributed by atoms with Crippen molar-refractivity contribution in [3.63, 3.8) is 0 Å². The van der Waals surface area contributed by atoms with E-state index in [2.05, 4.69) is 9.71 Å². The van der Waals surface area contributed by atoms with Crippen LogP contribution in [0.5, 0.6) is 11.5 Å². The lowest BCUT2D eigenvalue weighted by molar-refractivity contribution is 0.414. The lowest BCUT2D eigenvalue weighted by Crippen LogP contribution is -2.12. The third-order valence-corrected chi connectivity index (χ3v) is 5.60. The molecule has 0 unspecified atom stereocenters. The van der Waals surface area contributed by atoms with Crippen molar-refractivity contribution in [2.45, 2.75) is 4.90 Å². The highest BCUT2D eigenvalue weighted by molar-refractivity contribution is 7.93. The van der Waals surface area contributed by atoms with Gasteiger partial charge in [-0.3, -0.25) is 4.72 Å². The fraction of sp³-hybridized carbons (Fsp3) is 0.133. The van der Waals surface area contributed by atoms with Gasteiger partial charge in [-0.1, -0.05) is 11.3 Å². The summed E-state index contributed by atoms with van der Waals surface area (Å²) in [6, 6.07) is 11.5. The Kier molecular flexibility index (Phi) is 4.10. The minimum Gasteiger partial charge on any atom is -0.497 e. The van der Waals surface area contributed by atoms with Gasteiger partial charge >= 0.3 is 0 Å². The van der Waals surface area contributed by atoms with Crippen molar-refractivity contribution < 1.29 is 17.9 Å². The molecule has 3 rings (SSSR count). The van der Waals surface area contributed by atoms with Crippen molar-refractivity contribution in [2.24, 2.45) is 0 Å². The van der Waals surface area contributed by atoms with Crippen LogP contribution in [-0.2, 0) is 10.0 Å². The van der Waals surface area contributed by atoms with E-state index in [-0.39, 0.29) is 4.90 Å². The van der Waals surface area contributed by atoms with Gasteiger partial charge in [0, 0.05) is 0 Å². The van der Waals surface area contributed by atoms with Gasteiger partial charge in [0.15, 0.2) is 5.13 Å². The minimum atomic E-state index is -3.69. The van der Waals surface area contributed by atoms with Crippen molar-refractivity contribution in [3.05, 3.63) is 42.5 Å². The molecule has 0 fully saturated rings. The molecule has 0 spiro atoms. The Morgan fingerprint density at radius 3 is 2.30 bits per heavy atom. The number of sulfonamides is 1. The summed E-state index contributed by atoms with van der Waals surface area (Å²) in [5.41, 5.74) is 0.711. The quantitative estimate of drug-likeness (QED) is 0.765. The highest BCUT2D eigenvalue weighted by atomic mass is 32.2. The molecular weight excluding hydrogens is 336 g/mol. The van der Waals surface area contributed by atoms with E-state index in [1.807, 2.05) is 6.07 Å². The molecule has 0 atom stereocenters. The van der Waals surface area contributed by atoms with Gasteiger partial charge in [0.05, 0.1) is 29.3 Å². The molecule has 0 bridgehead atoms. The molecule has 0 aliphatic carbocycles. The number of methoxy groups -OCH3 is 2. The van der Waals surface area contributed by atoms with Gasteiger partial charge in [-0.2, -0.15) is 0 Å². The predicted molar refractivity (Wildman–Crippen MR) is 90.0 cm³/mol. The molecule has 0 aliphatic rings. The second kappa shape index (κ2) is 6.05. The van der Waals surface area contributed by atoms with Crippen LogP contribution in [0.3, 0.4) is 0 Å². The summed E-state index contributed by atoms with van der Waals surface area (Å²) >= 11 is 1.25. The van der Waals surface area contributed by atoms with E-state index in [0.29, 0.717) is 22.1 Å². The molecular formula is C15H14N2O4S2. The molecule has 0 saturated carbocycles. The van der Waals surface area contributed by atoms with Crippen LogP contribution in [0.4, 0.5) is 5.13 Å². The number of rotatable bonds is 5. The van der Waals surface area contributed by atoms with Gasteiger partial charge in [0.1, 0.15) is 11.5 Å². The summed E-state index contributed by atoms with van der Waals surface area (Å²) in [4.78, 5) is 4.43. The normalized spacial score (nSPS) is 11.4. The zero-order chi connectivity index (χ0) is 16.4. The van der Waals surface area contributed by atoms with Gasteiger partial charge in [0.25, 0.3) is 10.0 Å². The van der Waals surface area contributed by atoms with E-state index < -0.39 is 10.0 Å². The average Bonchev–Trinajstić information content (AvgIpc) is 2.95. The number of nitrogens with one attached hydrogen (secondary N) is 1. The highest BCUT2D eigenvalue weighted by Crippen LogP contribution is 2.30. The van der Waals surface area contributed by atoms with E-state index in [0.717, 1.165) is 4.70 Å². The van der Waals surface area contributed by atoms with Crippen LogP contribution in [0.2, 0.25) is 0 Å². The second-order valence-electron chi connectivity index (χ2n) is 4.63. The Labute approximate surface area is 137 Å². The smallest absolute Gasteiger partial charge is 0.263 e. The number of thiazole rings is 1. The minimum absolute atomic E-state index is 0.148. The standard InChI is InChI=1S/C15H14N2O4S2/c1-20-10-3-6-12(7-4-10)23(18,19)17-15-16-13-8-5-11(21-2)9-14(13)22-15/h3-9H,1-2H3,(H,16,17). The van der Waals surface area contributed by atoms with E-state index >= 15 is 0 Å². The Hall–Kier alpha value is -2.32. The van der Waals surface area contributed by atoms with Crippen LogP contribution in [0.15, 0.2) is 47.4 Å². The van der Waals surface area contributed by atoms with Crippen molar-refractivity contribution in [3.8, 4) is 11.5 Å². The second-order valence-corrected chi connectivity index (χ2v) is 7.35. The number of fused-ring (bicyclic) bond motifs is 1. The summed E-state index contributed by atoms with van der Waals surface area (Å²) in [7, 11) is -0.587. The molecule has 8 heteroatoms. The van der Waals surface area contributed by atoms with Gasteiger partial charge < -0.3 is 9.47 Å². The third kappa shape index (κ3) is 3.22. The molecule has 1 N–H and O–H groups in total. The lowest BCUT2D eigenvalue weighted by atomic mass is 10.3. The number of benzene rings is 2.